The number of allylic oxidation sites excluding steroid dienone is 4. The first-order chi connectivity index (χ1) is 15.3. The van der Waals surface area contributed by atoms with Crippen molar-refractivity contribution in [3.8, 4) is 11.8 Å². The van der Waals surface area contributed by atoms with Gasteiger partial charge in [-0.15, -0.1) is 0 Å². The molecule has 3 rings (SSSR count). The van der Waals surface area contributed by atoms with E-state index in [-0.39, 0.29) is 11.3 Å². The summed E-state index contributed by atoms with van der Waals surface area (Å²) in [6.07, 6.45) is 4.86. The van der Waals surface area contributed by atoms with Crippen LogP contribution in [0.15, 0.2) is 71.5 Å². The maximum absolute atomic E-state index is 11.7. The summed E-state index contributed by atoms with van der Waals surface area (Å²) in [6.45, 7) is 5.69. The quantitative estimate of drug-likeness (QED) is 0.293. The molecule has 2 aromatic rings. The Balaban J connectivity index is 2.09. The summed E-state index contributed by atoms with van der Waals surface area (Å²) in [6, 6.07) is 15.8. The molecule has 1 fully saturated rings. The molecule has 5 heteroatoms. The normalized spacial score (nSPS) is 13.9. The van der Waals surface area contributed by atoms with E-state index in [0.717, 1.165) is 35.1 Å². The standard InChI is InChI=1S/C27H27NO4/c1-4-25(29)24(27(30)31)14-22(17(2)3)20-12-21(15-28)26(23(13-20)19-10-11-19)32-16-18-8-6-5-7-9-18/h4-9,12-14,19,29H,10-11,16H2,1-3H3,(H,30,31)/b24-14+,25-4+. The Morgan fingerprint density at radius 3 is 2.41 bits per heavy atom. The van der Waals surface area contributed by atoms with Gasteiger partial charge in [0.2, 0.25) is 0 Å². The first-order valence-electron chi connectivity index (χ1n) is 10.6. The number of carbonyl (C=O) groups is 1. The minimum atomic E-state index is -1.22. The summed E-state index contributed by atoms with van der Waals surface area (Å²) < 4.78 is 6.12. The molecule has 0 aromatic heterocycles. The number of rotatable bonds is 8. The lowest BCUT2D eigenvalue weighted by Gasteiger charge is -2.17. The molecule has 2 aromatic carbocycles. The lowest BCUT2D eigenvalue weighted by atomic mass is 9.93. The number of aliphatic hydroxyl groups excluding tert-OH is 1. The molecule has 0 heterocycles. The van der Waals surface area contributed by atoms with Gasteiger partial charge in [0.05, 0.1) is 5.56 Å². The zero-order valence-electron chi connectivity index (χ0n) is 18.6. The number of nitriles is 1. The van der Waals surface area contributed by atoms with E-state index in [1.165, 1.54) is 12.2 Å². The summed E-state index contributed by atoms with van der Waals surface area (Å²) in [5.41, 5.74) is 4.47. The number of ether oxygens (including phenoxy) is 1. The van der Waals surface area contributed by atoms with Gasteiger partial charge in [0.1, 0.15) is 29.8 Å². The van der Waals surface area contributed by atoms with Gasteiger partial charge in [0, 0.05) is 0 Å². The van der Waals surface area contributed by atoms with Crippen LogP contribution in [0.4, 0.5) is 0 Å². The Labute approximate surface area is 188 Å². The molecule has 32 heavy (non-hydrogen) atoms. The van der Waals surface area contributed by atoms with Crippen LogP contribution in [-0.2, 0) is 11.4 Å². The minimum Gasteiger partial charge on any atom is -0.507 e. The maximum Gasteiger partial charge on any atom is 0.339 e. The number of benzene rings is 2. The first kappa shape index (κ1) is 22.9. The van der Waals surface area contributed by atoms with Crippen LogP contribution in [0, 0.1) is 11.3 Å². The van der Waals surface area contributed by atoms with Gasteiger partial charge in [0.25, 0.3) is 0 Å². The molecule has 0 amide bonds. The molecular weight excluding hydrogens is 402 g/mol. The highest BCUT2D eigenvalue weighted by atomic mass is 16.5. The fourth-order valence-corrected chi connectivity index (χ4v) is 3.54. The molecule has 0 atom stereocenters. The minimum absolute atomic E-state index is 0.195. The second-order valence-corrected chi connectivity index (χ2v) is 8.05. The first-order valence-corrected chi connectivity index (χ1v) is 10.6. The van der Waals surface area contributed by atoms with Crippen molar-refractivity contribution in [2.45, 2.75) is 46.1 Å². The summed E-state index contributed by atoms with van der Waals surface area (Å²) in [5, 5.41) is 29.5. The van der Waals surface area contributed by atoms with Crippen molar-refractivity contribution in [1.82, 2.24) is 0 Å². The van der Waals surface area contributed by atoms with Gasteiger partial charge >= 0.3 is 5.97 Å². The third-order valence-corrected chi connectivity index (χ3v) is 5.40. The number of carboxylic acid groups (broad SMARTS) is 1. The predicted octanol–water partition coefficient (Wildman–Crippen LogP) is 6.28. The number of hydrogen-bond donors (Lipinski definition) is 2. The van der Waals surface area contributed by atoms with Gasteiger partial charge < -0.3 is 14.9 Å². The van der Waals surface area contributed by atoms with Crippen LogP contribution in [0.2, 0.25) is 0 Å². The van der Waals surface area contributed by atoms with E-state index in [9.17, 15) is 20.3 Å². The van der Waals surface area contributed by atoms with Crippen molar-refractivity contribution in [2.75, 3.05) is 0 Å². The van der Waals surface area contributed by atoms with Crippen LogP contribution < -0.4 is 4.74 Å². The molecule has 0 aliphatic heterocycles. The van der Waals surface area contributed by atoms with Gasteiger partial charge in [-0.05, 0) is 86.1 Å². The SMILES string of the molecule is C/C=C(O)\C(=C/C(=C(C)C)c1cc(C#N)c(OCc2ccccc2)c(C2CC2)c1)C(=O)O. The monoisotopic (exact) mass is 429 g/mol. The molecule has 5 nitrogen and oxygen atoms in total. The van der Waals surface area contributed by atoms with Crippen LogP contribution in [0.3, 0.4) is 0 Å². The van der Waals surface area contributed by atoms with Crippen LogP contribution in [0.1, 0.15) is 61.8 Å². The second-order valence-electron chi connectivity index (χ2n) is 8.05. The average Bonchev–Trinajstić information content (AvgIpc) is 3.63. The van der Waals surface area contributed by atoms with Gasteiger partial charge in [-0.2, -0.15) is 5.26 Å². The Morgan fingerprint density at radius 1 is 1.19 bits per heavy atom. The van der Waals surface area contributed by atoms with Crippen LogP contribution in [-0.4, -0.2) is 16.2 Å². The average molecular weight is 430 g/mol. The van der Waals surface area contributed by atoms with Gasteiger partial charge in [0.15, 0.2) is 0 Å². The van der Waals surface area contributed by atoms with Crippen molar-refractivity contribution in [3.05, 3.63) is 93.8 Å². The number of aliphatic carboxylic acids is 1. The zero-order valence-corrected chi connectivity index (χ0v) is 18.6. The van der Waals surface area contributed by atoms with Crippen molar-refractivity contribution in [1.29, 1.82) is 5.26 Å². The lowest BCUT2D eigenvalue weighted by Crippen LogP contribution is -2.05. The van der Waals surface area contributed by atoms with Gasteiger partial charge in [-0.25, -0.2) is 4.79 Å². The molecule has 0 bridgehead atoms. The molecule has 1 aliphatic rings. The highest BCUT2D eigenvalue weighted by molar-refractivity contribution is 5.95. The Bertz CT molecular complexity index is 1140. The summed E-state index contributed by atoms with van der Waals surface area (Å²) in [7, 11) is 0. The van der Waals surface area contributed by atoms with Crippen LogP contribution >= 0.6 is 0 Å². The Morgan fingerprint density at radius 2 is 1.88 bits per heavy atom. The second kappa shape index (κ2) is 10.0. The van der Waals surface area contributed by atoms with Crippen molar-refractivity contribution in [2.24, 2.45) is 0 Å². The van der Waals surface area contributed by atoms with Crippen molar-refractivity contribution >= 4 is 11.5 Å². The largest absolute Gasteiger partial charge is 0.507 e. The number of nitrogens with zero attached hydrogens (tertiary/aromatic N) is 1. The molecule has 1 aliphatic carbocycles. The number of aliphatic hydroxyl groups is 1. The third kappa shape index (κ3) is 5.28. The van der Waals surface area contributed by atoms with E-state index in [4.69, 9.17) is 4.74 Å². The van der Waals surface area contributed by atoms with E-state index in [1.54, 1.807) is 13.0 Å². The maximum atomic E-state index is 11.7. The fourth-order valence-electron chi connectivity index (χ4n) is 3.54. The molecule has 0 radical (unpaired) electrons. The number of carboxylic acids is 1. The zero-order chi connectivity index (χ0) is 23.3. The van der Waals surface area contributed by atoms with E-state index in [1.807, 2.05) is 50.2 Å². The smallest absolute Gasteiger partial charge is 0.339 e. The Kier molecular flexibility index (Phi) is 7.17. The topological polar surface area (TPSA) is 90.5 Å². The summed E-state index contributed by atoms with van der Waals surface area (Å²) >= 11 is 0. The van der Waals surface area contributed by atoms with E-state index in [0.29, 0.717) is 29.4 Å². The summed E-state index contributed by atoms with van der Waals surface area (Å²) in [5.74, 6) is -0.611. The highest BCUT2D eigenvalue weighted by Gasteiger charge is 2.29. The molecule has 164 valence electrons. The lowest BCUT2D eigenvalue weighted by molar-refractivity contribution is -0.132. The van der Waals surface area contributed by atoms with Crippen molar-refractivity contribution in [3.63, 3.8) is 0 Å². The third-order valence-electron chi connectivity index (χ3n) is 5.40. The molecule has 0 saturated heterocycles. The van der Waals surface area contributed by atoms with Crippen LogP contribution in [0.25, 0.3) is 5.57 Å². The summed E-state index contributed by atoms with van der Waals surface area (Å²) in [4.78, 5) is 11.7. The fraction of sp³-hybridized carbons (Fsp3) is 0.259. The van der Waals surface area contributed by atoms with Gasteiger partial charge in [-0.3, -0.25) is 0 Å². The Hall–Kier alpha value is -3.78. The molecular formula is C27H27NO4. The molecule has 0 spiro atoms. The number of hydrogen-bond acceptors (Lipinski definition) is 4. The predicted molar refractivity (Wildman–Crippen MR) is 124 cm³/mol. The molecule has 2 N–H and O–H groups in total. The van der Waals surface area contributed by atoms with E-state index >= 15 is 0 Å². The van der Waals surface area contributed by atoms with E-state index in [2.05, 4.69) is 6.07 Å². The van der Waals surface area contributed by atoms with E-state index < -0.39 is 5.97 Å². The molecule has 0 unspecified atom stereocenters. The van der Waals surface area contributed by atoms with Crippen molar-refractivity contribution < 1.29 is 19.7 Å². The molecule has 1 saturated carbocycles. The van der Waals surface area contributed by atoms with Gasteiger partial charge in [-0.1, -0.05) is 35.9 Å². The highest BCUT2D eigenvalue weighted by Crippen LogP contribution is 2.47. The van der Waals surface area contributed by atoms with Crippen LogP contribution in [0.5, 0.6) is 5.75 Å².